The van der Waals surface area contributed by atoms with Crippen molar-refractivity contribution in [3.63, 3.8) is 0 Å². The molecule has 0 aliphatic rings. The van der Waals surface area contributed by atoms with Gasteiger partial charge in [-0.25, -0.2) is 0 Å². The molecule has 0 fully saturated rings. The third kappa shape index (κ3) is 2.31. The van der Waals surface area contributed by atoms with Gasteiger partial charge in [0.1, 0.15) is 0 Å². The lowest BCUT2D eigenvalue weighted by Crippen LogP contribution is -1.97. The van der Waals surface area contributed by atoms with Crippen molar-refractivity contribution in [2.24, 2.45) is 0 Å². The molecule has 0 aliphatic heterocycles. The van der Waals surface area contributed by atoms with Gasteiger partial charge in [-0.15, -0.1) is 0 Å². The van der Waals surface area contributed by atoms with E-state index in [0.29, 0.717) is 0 Å². The maximum atomic E-state index is 4.48. The first-order valence-electron chi connectivity index (χ1n) is 5.98. The normalized spacial score (nSPS) is 10.9. The maximum absolute atomic E-state index is 4.48. The second kappa shape index (κ2) is 4.94. The van der Waals surface area contributed by atoms with Crippen LogP contribution in [0.15, 0.2) is 59.5 Å². The number of hydrogen-bond acceptors (Lipinski definition) is 1. The number of rotatable bonds is 3. The first kappa shape index (κ1) is 11.5. The molecule has 0 amide bonds. The molecule has 0 N–H and O–H groups in total. The molecule has 0 aliphatic carbocycles. The summed E-state index contributed by atoms with van der Waals surface area (Å²) in [6.45, 7) is 0. The number of benzene rings is 1. The van der Waals surface area contributed by atoms with Crippen molar-refractivity contribution in [2.45, 2.75) is 12.8 Å². The van der Waals surface area contributed by atoms with Gasteiger partial charge in [-0.3, -0.25) is 4.98 Å². The molecule has 0 unspecified atom stereocenters. The van der Waals surface area contributed by atoms with Crippen LogP contribution in [0.1, 0.15) is 11.3 Å². The number of hydrogen-bond donors (Lipinski definition) is 0. The molecule has 2 nitrogen and oxygen atoms in total. The van der Waals surface area contributed by atoms with E-state index in [1.165, 1.54) is 11.1 Å². The summed E-state index contributed by atoms with van der Waals surface area (Å²) < 4.78 is 3.24. The zero-order chi connectivity index (χ0) is 12.4. The fourth-order valence-electron chi connectivity index (χ4n) is 2.14. The van der Waals surface area contributed by atoms with Crippen molar-refractivity contribution < 1.29 is 0 Å². The topological polar surface area (TPSA) is 17.3 Å². The number of halogens is 1. The lowest BCUT2D eigenvalue weighted by atomic mass is 10.1. The summed E-state index contributed by atoms with van der Waals surface area (Å²) in [5.74, 6) is 0. The van der Waals surface area contributed by atoms with Gasteiger partial charge < -0.3 is 4.40 Å². The quantitative estimate of drug-likeness (QED) is 0.717. The molecule has 2 aromatic heterocycles. The highest BCUT2D eigenvalue weighted by Crippen LogP contribution is 2.14. The molecule has 0 bridgehead atoms. The molecule has 3 aromatic rings. The van der Waals surface area contributed by atoms with Crippen LogP contribution in [0.5, 0.6) is 0 Å². The predicted molar refractivity (Wildman–Crippen MR) is 76.7 cm³/mol. The molecular formula is C15H13BrN2. The fourth-order valence-corrected chi connectivity index (χ4v) is 2.40. The van der Waals surface area contributed by atoms with E-state index < -0.39 is 0 Å². The van der Waals surface area contributed by atoms with E-state index in [1.54, 1.807) is 0 Å². The second-order valence-electron chi connectivity index (χ2n) is 4.30. The smallest absolute Gasteiger partial charge is 0.0666 e. The molecule has 0 atom stereocenters. The maximum Gasteiger partial charge on any atom is 0.0666 e. The van der Waals surface area contributed by atoms with Crippen LogP contribution in [0, 0.1) is 0 Å². The van der Waals surface area contributed by atoms with E-state index >= 15 is 0 Å². The fraction of sp³-hybridized carbons (Fsp3) is 0.133. The minimum atomic E-state index is 0.968. The standard InChI is InChI=1S/C15H13BrN2/c16-13-6-3-12(4-7-13)5-8-14-15-2-1-10-18(15)11-9-17-14/h1-4,6-7,9-11H,5,8H2. The van der Waals surface area contributed by atoms with Gasteiger partial charge in [-0.1, -0.05) is 28.1 Å². The van der Waals surface area contributed by atoms with Crippen molar-refractivity contribution in [3.05, 3.63) is 70.7 Å². The Bertz CT molecular complexity index is 656. The molecule has 0 saturated heterocycles. The van der Waals surface area contributed by atoms with Crippen LogP contribution in [-0.4, -0.2) is 9.38 Å². The Balaban J connectivity index is 1.80. The van der Waals surface area contributed by atoms with Crippen LogP contribution < -0.4 is 0 Å². The van der Waals surface area contributed by atoms with Crippen LogP contribution in [0.2, 0.25) is 0 Å². The molecule has 1 aromatic carbocycles. The third-order valence-electron chi connectivity index (χ3n) is 3.10. The lowest BCUT2D eigenvalue weighted by molar-refractivity contribution is 0.907. The summed E-state index contributed by atoms with van der Waals surface area (Å²) >= 11 is 3.45. The van der Waals surface area contributed by atoms with Crippen LogP contribution in [0.3, 0.4) is 0 Å². The van der Waals surface area contributed by atoms with E-state index in [2.05, 4.69) is 67.9 Å². The van der Waals surface area contributed by atoms with Gasteiger partial charge in [-0.2, -0.15) is 0 Å². The minimum absolute atomic E-state index is 0.968. The van der Waals surface area contributed by atoms with E-state index in [-0.39, 0.29) is 0 Å². The van der Waals surface area contributed by atoms with Gasteiger partial charge in [0.25, 0.3) is 0 Å². The summed E-state index contributed by atoms with van der Waals surface area (Å²) in [5.41, 5.74) is 3.70. The molecule has 2 heterocycles. The number of aromatic nitrogens is 2. The van der Waals surface area contributed by atoms with Crippen LogP contribution in [0.25, 0.3) is 5.52 Å². The summed E-state index contributed by atoms with van der Waals surface area (Å²) in [5, 5.41) is 0. The Morgan fingerprint density at radius 2 is 1.83 bits per heavy atom. The van der Waals surface area contributed by atoms with Crippen LogP contribution in [0.4, 0.5) is 0 Å². The average molecular weight is 301 g/mol. The molecular weight excluding hydrogens is 288 g/mol. The number of nitrogens with zero attached hydrogens (tertiary/aromatic N) is 2. The average Bonchev–Trinajstić information content (AvgIpc) is 2.87. The Hall–Kier alpha value is -1.61. The van der Waals surface area contributed by atoms with Crippen molar-refractivity contribution in [2.75, 3.05) is 0 Å². The number of fused-ring (bicyclic) bond motifs is 1. The van der Waals surface area contributed by atoms with Gasteiger partial charge in [0.15, 0.2) is 0 Å². The highest BCUT2D eigenvalue weighted by molar-refractivity contribution is 9.10. The van der Waals surface area contributed by atoms with Crippen molar-refractivity contribution in [3.8, 4) is 0 Å². The highest BCUT2D eigenvalue weighted by atomic mass is 79.9. The van der Waals surface area contributed by atoms with Crippen LogP contribution in [-0.2, 0) is 12.8 Å². The first-order valence-corrected chi connectivity index (χ1v) is 6.77. The lowest BCUT2D eigenvalue weighted by Gasteiger charge is -2.04. The Labute approximate surface area is 114 Å². The minimum Gasteiger partial charge on any atom is -0.321 e. The van der Waals surface area contributed by atoms with E-state index in [1.807, 2.05) is 12.4 Å². The van der Waals surface area contributed by atoms with E-state index in [9.17, 15) is 0 Å². The SMILES string of the molecule is Brc1ccc(CCc2nccn3cccc23)cc1. The summed E-state index contributed by atoms with van der Waals surface area (Å²) in [6.07, 6.45) is 7.89. The second-order valence-corrected chi connectivity index (χ2v) is 5.22. The van der Waals surface area contributed by atoms with Gasteiger partial charge in [0.05, 0.1) is 11.2 Å². The zero-order valence-corrected chi connectivity index (χ0v) is 11.5. The van der Waals surface area contributed by atoms with Gasteiger partial charge in [0, 0.05) is 23.1 Å². The zero-order valence-electron chi connectivity index (χ0n) is 9.88. The van der Waals surface area contributed by atoms with E-state index in [4.69, 9.17) is 0 Å². The predicted octanol–water partition coefficient (Wildman–Crippen LogP) is 3.88. The molecule has 0 saturated carbocycles. The monoisotopic (exact) mass is 300 g/mol. The molecule has 18 heavy (non-hydrogen) atoms. The number of aryl methyl sites for hydroxylation is 2. The first-order chi connectivity index (χ1) is 8.83. The van der Waals surface area contributed by atoms with Crippen molar-refractivity contribution in [1.82, 2.24) is 9.38 Å². The van der Waals surface area contributed by atoms with Gasteiger partial charge in [-0.05, 0) is 42.7 Å². The molecule has 0 spiro atoms. The molecule has 0 radical (unpaired) electrons. The third-order valence-corrected chi connectivity index (χ3v) is 3.62. The molecule has 90 valence electrons. The molecule has 3 rings (SSSR count). The van der Waals surface area contributed by atoms with Gasteiger partial charge in [0.2, 0.25) is 0 Å². The molecule has 3 heteroatoms. The van der Waals surface area contributed by atoms with Gasteiger partial charge >= 0.3 is 0 Å². The Morgan fingerprint density at radius 1 is 1.00 bits per heavy atom. The largest absolute Gasteiger partial charge is 0.321 e. The van der Waals surface area contributed by atoms with Crippen molar-refractivity contribution >= 4 is 21.4 Å². The summed E-state index contributed by atoms with van der Waals surface area (Å²) in [7, 11) is 0. The Kier molecular flexibility index (Phi) is 3.15. The highest BCUT2D eigenvalue weighted by Gasteiger charge is 2.02. The Morgan fingerprint density at radius 3 is 2.67 bits per heavy atom. The van der Waals surface area contributed by atoms with Crippen LogP contribution >= 0.6 is 15.9 Å². The van der Waals surface area contributed by atoms with Crippen molar-refractivity contribution in [1.29, 1.82) is 0 Å². The summed E-state index contributed by atoms with van der Waals surface area (Å²) in [4.78, 5) is 4.48. The summed E-state index contributed by atoms with van der Waals surface area (Å²) in [6, 6.07) is 12.6. The van der Waals surface area contributed by atoms with E-state index in [0.717, 1.165) is 23.0 Å².